The number of hydrogen-bond acceptors (Lipinski definition) is 5. The average molecular weight is 509 g/mol. The van der Waals surface area contributed by atoms with Crippen molar-refractivity contribution < 1.29 is 40.6 Å². The van der Waals surface area contributed by atoms with Crippen LogP contribution in [0.1, 0.15) is 34.5 Å². The second kappa shape index (κ2) is 13.8. The minimum absolute atomic E-state index is 0.311. The standard InChI is InChI=1S/C24H30F6N2O3/c1-33-21(17-5-3-7-19(13-17)23(25,26)27)15-31-9-11-35-12-10-32-16-22(34-2)18-6-4-8-20(14-18)24(28,29)30/h3-8,13-14,21-22,31-32H,9-12,15-16H2,1-2H3. The van der Waals surface area contributed by atoms with Gasteiger partial charge in [0.2, 0.25) is 0 Å². The van der Waals surface area contributed by atoms with E-state index < -0.39 is 35.7 Å². The molecule has 2 unspecified atom stereocenters. The van der Waals surface area contributed by atoms with Gasteiger partial charge in [-0.3, -0.25) is 0 Å². The number of hydrogen-bond donors (Lipinski definition) is 2. The molecular formula is C24H30F6N2O3. The smallest absolute Gasteiger partial charge is 0.379 e. The Morgan fingerprint density at radius 1 is 0.686 bits per heavy atom. The summed E-state index contributed by atoms with van der Waals surface area (Å²) in [7, 11) is 2.86. The maximum Gasteiger partial charge on any atom is 0.416 e. The fourth-order valence-electron chi connectivity index (χ4n) is 3.36. The van der Waals surface area contributed by atoms with Gasteiger partial charge >= 0.3 is 12.4 Å². The largest absolute Gasteiger partial charge is 0.416 e. The molecule has 0 heterocycles. The maximum absolute atomic E-state index is 12.9. The third kappa shape index (κ3) is 9.77. The first kappa shape index (κ1) is 29.1. The number of ether oxygens (including phenoxy) is 3. The topological polar surface area (TPSA) is 51.8 Å². The van der Waals surface area contributed by atoms with Crippen LogP contribution in [0.4, 0.5) is 26.3 Å². The van der Waals surface area contributed by atoms with Crippen molar-refractivity contribution in [2.45, 2.75) is 24.6 Å². The molecule has 0 saturated carbocycles. The highest BCUT2D eigenvalue weighted by Crippen LogP contribution is 2.32. The van der Waals surface area contributed by atoms with E-state index >= 15 is 0 Å². The summed E-state index contributed by atoms with van der Waals surface area (Å²) in [6.07, 6.45) is -9.92. The molecule has 11 heteroatoms. The summed E-state index contributed by atoms with van der Waals surface area (Å²) < 4.78 is 93.5. The Hall–Kier alpha value is -2.18. The van der Waals surface area contributed by atoms with Crippen LogP contribution in [-0.2, 0) is 26.6 Å². The van der Waals surface area contributed by atoms with Gasteiger partial charge in [0, 0.05) is 40.4 Å². The number of benzene rings is 2. The fourth-order valence-corrected chi connectivity index (χ4v) is 3.36. The highest BCUT2D eigenvalue weighted by atomic mass is 19.4. The van der Waals surface area contributed by atoms with Crippen LogP contribution in [0.2, 0.25) is 0 Å². The first-order chi connectivity index (χ1) is 16.6. The quantitative estimate of drug-likeness (QED) is 0.278. The molecule has 0 aliphatic carbocycles. The summed E-state index contributed by atoms with van der Waals surface area (Å²) in [4.78, 5) is 0. The van der Waals surface area contributed by atoms with Crippen molar-refractivity contribution >= 4 is 0 Å². The Kier molecular flexibility index (Phi) is 11.4. The van der Waals surface area contributed by atoms with Crippen molar-refractivity contribution in [2.24, 2.45) is 0 Å². The molecule has 0 radical (unpaired) electrons. The van der Waals surface area contributed by atoms with Crippen LogP contribution in [0.15, 0.2) is 48.5 Å². The SMILES string of the molecule is COC(CNCCOCCNCC(OC)c1cccc(C(F)(F)F)c1)c1cccc(C(F)(F)F)c1. The van der Waals surface area contributed by atoms with Crippen LogP contribution < -0.4 is 10.6 Å². The lowest BCUT2D eigenvalue weighted by molar-refractivity contribution is -0.138. The van der Waals surface area contributed by atoms with Crippen LogP contribution >= 0.6 is 0 Å². The fraction of sp³-hybridized carbons (Fsp3) is 0.500. The van der Waals surface area contributed by atoms with Crippen molar-refractivity contribution in [1.29, 1.82) is 0 Å². The lowest BCUT2D eigenvalue weighted by Crippen LogP contribution is -2.29. The summed E-state index contributed by atoms with van der Waals surface area (Å²) in [6, 6.07) is 10.0. The first-order valence-electron chi connectivity index (χ1n) is 10.9. The Balaban J connectivity index is 1.65. The third-order valence-corrected chi connectivity index (χ3v) is 5.25. The van der Waals surface area contributed by atoms with Gasteiger partial charge in [0.05, 0.1) is 36.5 Å². The zero-order chi connectivity index (χ0) is 25.9. The zero-order valence-corrected chi connectivity index (χ0v) is 19.5. The van der Waals surface area contributed by atoms with Crippen molar-refractivity contribution in [3.63, 3.8) is 0 Å². The van der Waals surface area contributed by atoms with E-state index in [0.717, 1.165) is 24.3 Å². The molecule has 0 aliphatic rings. The van der Waals surface area contributed by atoms with Crippen LogP contribution in [0.3, 0.4) is 0 Å². The zero-order valence-electron chi connectivity index (χ0n) is 19.5. The van der Waals surface area contributed by atoms with Crippen molar-refractivity contribution in [3.05, 3.63) is 70.8 Å². The monoisotopic (exact) mass is 508 g/mol. The van der Waals surface area contributed by atoms with E-state index in [2.05, 4.69) is 10.6 Å². The van der Waals surface area contributed by atoms with E-state index in [1.807, 2.05) is 0 Å². The summed E-state index contributed by atoms with van der Waals surface area (Å²) in [6.45, 7) is 2.27. The Labute approximate surface area is 200 Å². The second-order valence-electron chi connectivity index (χ2n) is 7.72. The highest BCUT2D eigenvalue weighted by Gasteiger charge is 2.31. The molecule has 0 aliphatic heterocycles. The van der Waals surface area contributed by atoms with Gasteiger partial charge in [-0.1, -0.05) is 24.3 Å². The third-order valence-electron chi connectivity index (χ3n) is 5.25. The average Bonchev–Trinajstić information content (AvgIpc) is 2.82. The van der Waals surface area contributed by atoms with Crippen LogP contribution in [0.25, 0.3) is 0 Å². The van der Waals surface area contributed by atoms with Gasteiger partial charge in [-0.15, -0.1) is 0 Å². The molecule has 0 aromatic heterocycles. The van der Waals surface area contributed by atoms with Crippen LogP contribution in [0, 0.1) is 0 Å². The van der Waals surface area contributed by atoms with Crippen LogP contribution in [0.5, 0.6) is 0 Å². The summed E-state index contributed by atoms with van der Waals surface area (Å²) in [5.41, 5.74) is -0.602. The van der Waals surface area contributed by atoms with Gasteiger partial charge in [-0.2, -0.15) is 26.3 Å². The van der Waals surface area contributed by atoms with Gasteiger partial charge in [0.1, 0.15) is 0 Å². The maximum atomic E-state index is 12.9. The summed E-state index contributed by atoms with van der Waals surface area (Å²) in [5, 5.41) is 6.17. The highest BCUT2D eigenvalue weighted by molar-refractivity contribution is 5.28. The molecule has 196 valence electrons. The van der Waals surface area contributed by atoms with E-state index in [-0.39, 0.29) is 0 Å². The number of nitrogens with one attached hydrogen (secondary N) is 2. The predicted octanol–water partition coefficient (Wildman–Crippen LogP) is 5.00. The molecule has 2 atom stereocenters. The molecular weight excluding hydrogens is 478 g/mol. The van der Waals surface area contributed by atoms with Gasteiger partial charge in [-0.25, -0.2) is 0 Å². The molecule has 0 amide bonds. The normalized spacial score (nSPS) is 14.2. The molecule has 0 spiro atoms. The van der Waals surface area contributed by atoms with E-state index in [9.17, 15) is 26.3 Å². The van der Waals surface area contributed by atoms with Crippen molar-refractivity contribution in [1.82, 2.24) is 10.6 Å². The Bertz CT molecular complexity index is 821. The van der Waals surface area contributed by atoms with Crippen LogP contribution in [-0.4, -0.2) is 53.6 Å². The predicted molar refractivity (Wildman–Crippen MR) is 119 cm³/mol. The Morgan fingerprint density at radius 3 is 1.43 bits per heavy atom. The number of alkyl halides is 6. The molecule has 2 aromatic rings. The molecule has 2 N–H and O–H groups in total. The van der Waals surface area contributed by atoms with Gasteiger partial charge in [0.15, 0.2) is 0 Å². The molecule has 35 heavy (non-hydrogen) atoms. The Morgan fingerprint density at radius 2 is 1.09 bits per heavy atom. The van der Waals surface area contributed by atoms with Crippen molar-refractivity contribution in [2.75, 3.05) is 53.6 Å². The minimum Gasteiger partial charge on any atom is -0.379 e. The van der Waals surface area contributed by atoms with E-state index in [4.69, 9.17) is 14.2 Å². The lowest BCUT2D eigenvalue weighted by atomic mass is 10.1. The molecule has 2 aromatic carbocycles. The lowest BCUT2D eigenvalue weighted by Gasteiger charge is -2.19. The van der Waals surface area contributed by atoms with Crippen molar-refractivity contribution in [3.8, 4) is 0 Å². The molecule has 2 rings (SSSR count). The van der Waals surface area contributed by atoms with E-state index in [0.29, 0.717) is 50.5 Å². The number of methoxy groups -OCH3 is 2. The van der Waals surface area contributed by atoms with E-state index in [1.165, 1.54) is 26.4 Å². The van der Waals surface area contributed by atoms with Gasteiger partial charge in [0.25, 0.3) is 0 Å². The first-order valence-corrected chi connectivity index (χ1v) is 10.9. The molecule has 0 saturated heterocycles. The van der Waals surface area contributed by atoms with E-state index in [1.54, 1.807) is 12.1 Å². The molecule has 0 fully saturated rings. The number of halogens is 6. The minimum atomic E-state index is -4.42. The van der Waals surface area contributed by atoms with Gasteiger partial charge < -0.3 is 24.8 Å². The molecule has 0 bridgehead atoms. The summed E-state index contributed by atoms with van der Waals surface area (Å²) >= 11 is 0. The number of rotatable bonds is 14. The second-order valence-corrected chi connectivity index (χ2v) is 7.72. The summed E-state index contributed by atoms with van der Waals surface area (Å²) in [5.74, 6) is 0. The van der Waals surface area contributed by atoms with Gasteiger partial charge in [-0.05, 0) is 35.4 Å². The molecule has 5 nitrogen and oxygen atoms in total.